The number of hydrogen-bond donors (Lipinski definition) is 1. The Kier molecular flexibility index (Phi) is 4.89. The van der Waals surface area contributed by atoms with Gasteiger partial charge in [-0.15, -0.1) is 10.2 Å². The van der Waals surface area contributed by atoms with Gasteiger partial charge in [-0.1, -0.05) is 36.0 Å². The maximum Gasteiger partial charge on any atom is 0.234 e. The lowest BCUT2D eigenvalue weighted by Crippen LogP contribution is -2.15. The molecule has 5 nitrogen and oxygen atoms in total. The first-order valence-corrected chi connectivity index (χ1v) is 9.49. The number of carbonyl (C=O) groups is 1. The highest BCUT2D eigenvalue weighted by atomic mass is 32.2. The predicted molar refractivity (Wildman–Crippen MR) is 99.4 cm³/mol. The summed E-state index contributed by atoms with van der Waals surface area (Å²) in [6, 6.07) is 12.6. The summed E-state index contributed by atoms with van der Waals surface area (Å²) in [6.45, 7) is 0. The Labute approximate surface area is 158 Å². The Morgan fingerprint density at radius 1 is 1.07 bits per heavy atom. The van der Waals surface area contributed by atoms with E-state index < -0.39 is 5.82 Å². The van der Waals surface area contributed by atoms with E-state index in [1.54, 1.807) is 30.3 Å². The van der Waals surface area contributed by atoms with E-state index in [1.807, 2.05) is 4.57 Å². The molecule has 1 fully saturated rings. The third kappa shape index (κ3) is 3.85. The lowest BCUT2D eigenvalue weighted by molar-refractivity contribution is -0.113. The molecule has 0 spiro atoms. The van der Waals surface area contributed by atoms with E-state index in [2.05, 4.69) is 15.5 Å². The minimum absolute atomic E-state index is 0.0520. The summed E-state index contributed by atoms with van der Waals surface area (Å²) in [5.41, 5.74) is 0.526. The molecule has 2 aromatic carbocycles. The Morgan fingerprint density at radius 2 is 1.78 bits per heavy atom. The van der Waals surface area contributed by atoms with Crippen molar-refractivity contribution in [2.24, 2.45) is 0 Å². The van der Waals surface area contributed by atoms with Crippen LogP contribution in [0.4, 0.5) is 14.5 Å². The van der Waals surface area contributed by atoms with Crippen molar-refractivity contribution in [2.45, 2.75) is 24.0 Å². The van der Waals surface area contributed by atoms with Gasteiger partial charge in [-0.2, -0.15) is 0 Å². The summed E-state index contributed by atoms with van der Waals surface area (Å²) in [7, 11) is 0. The van der Waals surface area contributed by atoms with E-state index in [0.717, 1.165) is 12.8 Å². The first-order valence-electron chi connectivity index (χ1n) is 8.50. The van der Waals surface area contributed by atoms with Crippen molar-refractivity contribution >= 4 is 23.4 Å². The topological polar surface area (TPSA) is 59.8 Å². The van der Waals surface area contributed by atoms with Crippen molar-refractivity contribution in [3.8, 4) is 11.4 Å². The molecule has 0 unspecified atom stereocenters. The van der Waals surface area contributed by atoms with Gasteiger partial charge in [-0.05, 0) is 37.1 Å². The zero-order valence-corrected chi connectivity index (χ0v) is 15.0. The third-order valence-corrected chi connectivity index (χ3v) is 5.11. The Balaban J connectivity index is 1.51. The SMILES string of the molecule is O=C(CSc1nnc(-c2ccccc2F)n1C1CC1)Nc1ccccc1F. The maximum absolute atomic E-state index is 14.2. The molecule has 0 saturated heterocycles. The van der Waals surface area contributed by atoms with Crippen LogP contribution in [0.3, 0.4) is 0 Å². The number of nitrogens with zero attached hydrogens (tertiary/aromatic N) is 3. The van der Waals surface area contributed by atoms with Crippen LogP contribution in [0.15, 0.2) is 53.7 Å². The summed E-state index contributed by atoms with van der Waals surface area (Å²) >= 11 is 1.20. The van der Waals surface area contributed by atoms with Gasteiger partial charge in [0.15, 0.2) is 11.0 Å². The number of rotatable bonds is 6. The number of anilines is 1. The van der Waals surface area contributed by atoms with E-state index >= 15 is 0 Å². The summed E-state index contributed by atoms with van der Waals surface area (Å²) in [6.07, 6.45) is 1.93. The lowest BCUT2D eigenvalue weighted by atomic mass is 10.2. The van der Waals surface area contributed by atoms with Crippen molar-refractivity contribution in [1.29, 1.82) is 0 Å². The molecule has 1 saturated carbocycles. The molecule has 1 aromatic heterocycles. The molecule has 8 heteroatoms. The van der Waals surface area contributed by atoms with Gasteiger partial charge in [0.25, 0.3) is 0 Å². The summed E-state index contributed by atoms with van der Waals surface area (Å²) < 4.78 is 29.7. The number of benzene rings is 2. The van der Waals surface area contributed by atoms with E-state index in [1.165, 1.54) is 30.0 Å². The number of aromatic nitrogens is 3. The van der Waals surface area contributed by atoms with Gasteiger partial charge in [0.2, 0.25) is 5.91 Å². The van der Waals surface area contributed by atoms with Gasteiger partial charge in [-0.3, -0.25) is 9.36 Å². The standard InChI is InChI=1S/C19H16F2N4OS/c20-14-6-2-1-5-13(14)18-23-24-19(25(18)12-9-10-12)27-11-17(26)22-16-8-4-3-7-15(16)21/h1-8,12H,9-11H2,(H,22,26). The van der Waals surface area contributed by atoms with Crippen LogP contribution in [0.1, 0.15) is 18.9 Å². The predicted octanol–water partition coefficient (Wildman–Crippen LogP) is 4.29. The normalized spacial score (nSPS) is 13.6. The minimum Gasteiger partial charge on any atom is -0.323 e. The second kappa shape index (κ2) is 7.48. The van der Waals surface area contributed by atoms with Crippen LogP contribution in [0.2, 0.25) is 0 Å². The molecular weight excluding hydrogens is 370 g/mol. The van der Waals surface area contributed by atoms with Crippen LogP contribution in [0.5, 0.6) is 0 Å². The molecule has 0 aliphatic heterocycles. The molecule has 138 valence electrons. The monoisotopic (exact) mass is 386 g/mol. The van der Waals surface area contributed by atoms with Crippen molar-refractivity contribution in [3.05, 3.63) is 60.2 Å². The highest BCUT2D eigenvalue weighted by Crippen LogP contribution is 2.41. The van der Waals surface area contributed by atoms with Crippen LogP contribution >= 0.6 is 11.8 Å². The molecule has 3 aromatic rings. The average molecular weight is 386 g/mol. The number of nitrogens with one attached hydrogen (secondary N) is 1. The molecule has 0 radical (unpaired) electrons. The second-order valence-electron chi connectivity index (χ2n) is 6.20. The van der Waals surface area contributed by atoms with Crippen molar-refractivity contribution < 1.29 is 13.6 Å². The second-order valence-corrected chi connectivity index (χ2v) is 7.15. The average Bonchev–Trinajstić information content (AvgIpc) is 3.42. The molecule has 1 aliphatic rings. The number of halogens is 2. The van der Waals surface area contributed by atoms with Crippen LogP contribution < -0.4 is 5.32 Å². The molecule has 4 rings (SSSR count). The van der Waals surface area contributed by atoms with Crippen molar-refractivity contribution in [3.63, 3.8) is 0 Å². The molecule has 0 atom stereocenters. The molecule has 1 N–H and O–H groups in total. The van der Waals surface area contributed by atoms with E-state index in [9.17, 15) is 13.6 Å². The molecular formula is C19H16F2N4OS. The highest BCUT2D eigenvalue weighted by molar-refractivity contribution is 7.99. The number of carbonyl (C=O) groups excluding carboxylic acids is 1. The van der Waals surface area contributed by atoms with Gasteiger partial charge in [-0.25, -0.2) is 8.78 Å². The Hall–Kier alpha value is -2.74. The largest absolute Gasteiger partial charge is 0.323 e. The van der Waals surface area contributed by atoms with E-state index in [-0.39, 0.29) is 29.2 Å². The lowest BCUT2D eigenvalue weighted by Gasteiger charge is -2.09. The molecule has 1 heterocycles. The van der Waals surface area contributed by atoms with Crippen molar-refractivity contribution in [2.75, 3.05) is 11.1 Å². The molecule has 0 bridgehead atoms. The van der Waals surface area contributed by atoms with E-state index in [4.69, 9.17) is 0 Å². The van der Waals surface area contributed by atoms with Gasteiger partial charge < -0.3 is 5.32 Å². The molecule has 1 aliphatic carbocycles. The summed E-state index contributed by atoms with van der Waals surface area (Å²) in [5.74, 6) is -0.675. The smallest absolute Gasteiger partial charge is 0.234 e. The summed E-state index contributed by atoms with van der Waals surface area (Å²) in [5, 5.41) is 11.4. The number of thioether (sulfide) groups is 1. The van der Waals surface area contributed by atoms with Gasteiger partial charge >= 0.3 is 0 Å². The number of para-hydroxylation sites is 1. The van der Waals surface area contributed by atoms with Gasteiger partial charge in [0.05, 0.1) is 17.0 Å². The maximum atomic E-state index is 14.2. The minimum atomic E-state index is -0.487. The number of hydrogen-bond acceptors (Lipinski definition) is 4. The zero-order valence-electron chi connectivity index (χ0n) is 14.2. The quantitative estimate of drug-likeness (QED) is 0.642. The molecule has 1 amide bonds. The molecule has 27 heavy (non-hydrogen) atoms. The Bertz CT molecular complexity index is 987. The first-order chi connectivity index (χ1) is 13.1. The third-order valence-electron chi connectivity index (χ3n) is 4.17. The van der Waals surface area contributed by atoms with Crippen LogP contribution in [0.25, 0.3) is 11.4 Å². The fraction of sp³-hybridized carbons (Fsp3) is 0.211. The highest BCUT2D eigenvalue weighted by Gasteiger charge is 2.31. The Morgan fingerprint density at radius 3 is 2.48 bits per heavy atom. The fourth-order valence-electron chi connectivity index (χ4n) is 2.74. The van der Waals surface area contributed by atoms with Crippen LogP contribution in [-0.4, -0.2) is 26.4 Å². The van der Waals surface area contributed by atoms with Crippen LogP contribution in [-0.2, 0) is 4.79 Å². The first kappa shape index (κ1) is 17.7. The van der Waals surface area contributed by atoms with Crippen molar-refractivity contribution in [1.82, 2.24) is 14.8 Å². The van der Waals surface area contributed by atoms with Gasteiger partial charge in [0, 0.05) is 6.04 Å². The summed E-state index contributed by atoms with van der Waals surface area (Å²) in [4.78, 5) is 12.1. The zero-order chi connectivity index (χ0) is 18.8. The van der Waals surface area contributed by atoms with Crippen LogP contribution in [0, 0.1) is 11.6 Å². The fourth-order valence-corrected chi connectivity index (χ4v) is 3.55. The van der Waals surface area contributed by atoms with Gasteiger partial charge in [0.1, 0.15) is 11.6 Å². The van der Waals surface area contributed by atoms with E-state index in [0.29, 0.717) is 16.5 Å². The number of amides is 1.